The number of halogens is 2. The van der Waals surface area contributed by atoms with Gasteiger partial charge in [-0.05, 0) is 22.0 Å². The van der Waals surface area contributed by atoms with Crippen LogP contribution in [0.1, 0.15) is 5.89 Å². The number of aryl methyl sites for hydroxylation is 1. The quantitative estimate of drug-likeness (QED) is 0.695. The summed E-state index contributed by atoms with van der Waals surface area (Å²) in [6, 6.07) is 2.92. The lowest BCUT2D eigenvalue weighted by atomic mass is 10.3. The van der Waals surface area contributed by atoms with Crippen molar-refractivity contribution in [2.45, 2.75) is 6.92 Å². The Kier molecular flexibility index (Phi) is 1.65. The van der Waals surface area contributed by atoms with Crippen LogP contribution in [-0.4, -0.2) is 4.98 Å². The van der Waals surface area contributed by atoms with Crippen LogP contribution in [0.2, 0.25) is 0 Å². The second-order valence-corrected chi connectivity index (χ2v) is 3.32. The Bertz CT molecular complexity index is 399. The molecule has 0 bridgehead atoms. The predicted octanol–water partition coefficient (Wildman–Crippen LogP) is 3.04. The summed E-state index contributed by atoms with van der Waals surface area (Å²) < 4.78 is 18.5. The van der Waals surface area contributed by atoms with Gasteiger partial charge < -0.3 is 4.42 Å². The van der Waals surface area contributed by atoms with Crippen LogP contribution in [-0.2, 0) is 0 Å². The SMILES string of the molecule is Cc1nc2cc(Br)c(F)cc2o1. The van der Waals surface area contributed by atoms with E-state index in [1.54, 1.807) is 13.0 Å². The fourth-order valence-corrected chi connectivity index (χ4v) is 1.37. The summed E-state index contributed by atoms with van der Waals surface area (Å²) in [5, 5.41) is 0. The first-order valence-corrected chi connectivity index (χ1v) is 4.18. The van der Waals surface area contributed by atoms with E-state index in [0.29, 0.717) is 21.5 Å². The largest absolute Gasteiger partial charge is 0.441 e. The molecule has 0 saturated heterocycles. The molecule has 0 fully saturated rings. The fourth-order valence-electron chi connectivity index (χ4n) is 1.04. The second kappa shape index (κ2) is 2.55. The maximum Gasteiger partial charge on any atom is 0.192 e. The van der Waals surface area contributed by atoms with E-state index in [1.165, 1.54) is 6.07 Å². The van der Waals surface area contributed by atoms with E-state index in [1.807, 2.05) is 0 Å². The van der Waals surface area contributed by atoms with Crippen molar-refractivity contribution in [1.29, 1.82) is 0 Å². The Morgan fingerprint density at radius 3 is 3.00 bits per heavy atom. The number of fused-ring (bicyclic) bond motifs is 1. The molecule has 0 N–H and O–H groups in total. The predicted molar refractivity (Wildman–Crippen MR) is 46.4 cm³/mol. The van der Waals surface area contributed by atoms with Crippen LogP contribution in [0, 0.1) is 12.7 Å². The lowest BCUT2D eigenvalue weighted by molar-refractivity contribution is 0.555. The number of nitrogens with zero attached hydrogens (tertiary/aromatic N) is 1. The van der Waals surface area contributed by atoms with Gasteiger partial charge in [0.25, 0.3) is 0 Å². The number of aromatic nitrogens is 1. The molecule has 0 unspecified atom stereocenters. The summed E-state index contributed by atoms with van der Waals surface area (Å²) in [7, 11) is 0. The van der Waals surface area contributed by atoms with Crippen LogP contribution in [0.4, 0.5) is 4.39 Å². The Labute approximate surface area is 76.5 Å². The maximum absolute atomic E-state index is 12.9. The summed E-state index contributed by atoms with van der Waals surface area (Å²) >= 11 is 3.07. The van der Waals surface area contributed by atoms with Crippen molar-refractivity contribution >= 4 is 27.0 Å². The molecule has 2 aromatic rings. The second-order valence-electron chi connectivity index (χ2n) is 2.47. The van der Waals surface area contributed by atoms with Crippen LogP contribution in [0.15, 0.2) is 21.0 Å². The van der Waals surface area contributed by atoms with Gasteiger partial charge in [-0.2, -0.15) is 0 Å². The summed E-state index contributed by atoms with van der Waals surface area (Å²) in [4.78, 5) is 4.05. The molecule has 2 rings (SSSR count). The molecular weight excluding hydrogens is 225 g/mol. The highest BCUT2D eigenvalue weighted by Crippen LogP contribution is 2.23. The van der Waals surface area contributed by atoms with E-state index in [2.05, 4.69) is 20.9 Å². The zero-order valence-corrected chi connectivity index (χ0v) is 7.85. The van der Waals surface area contributed by atoms with Gasteiger partial charge in [0.1, 0.15) is 11.3 Å². The Hall–Kier alpha value is -0.900. The monoisotopic (exact) mass is 229 g/mol. The molecule has 4 heteroatoms. The highest BCUT2D eigenvalue weighted by molar-refractivity contribution is 9.10. The van der Waals surface area contributed by atoms with Crippen molar-refractivity contribution in [3.63, 3.8) is 0 Å². The molecular formula is C8H5BrFNO. The number of oxazole rings is 1. The van der Waals surface area contributed by atoms with E-state index in [0.717, 1.165) is 0 Å². The first-order chi connectivity index (χ1) is 5.66. The topological polar surface area (TPSA) is 26.0 Å². The van der Waals surface area contributed by atoms with Crippen LogP contribution in [0.5, 0.6) is 0 Å². The van der Waals surface area contributed by atoms with Crippen molar-refractivity contribution in [3.05, 3.63) is 28.3 Å². The fraction of sp³-hybridized carbons (Fsp3) is 0.125. The van der Waals surface area contributed by atoms with E-state index in [9.17, 15) is 4.39 Å². The molecule has 1 heterocycles. The molecule has 0 aliphatic heterocycles. The standard InChI is InChI=1S/C8H5BrFNO/c1-4-11-7-2-5(9)6(10)3-8(7)12-4/h2-3H,1H3. The van der Waals surface area contributed by atoms with Crippen molar-refractivity contribution in [1.82, 2.24) is 4.98 Å². The van der Waals surface area contributed by atoms with Crippen molar-refractivity contribution in [3.8, 4) is 0 Å². The molecule has 0 atom stereocenters. The van der Waals surface area contributed by atoms with Gasteiger partial charge in [-0.25, -0.2) is 9.37 Å². The average Bonchev–Trinajstić information content (AvgIpc) is 2.30. The first-order valence-electron chi connectivity index (χ1n) is 3.39. The number of hydrogen-bond acceptors (Lipinski definition) is 2. The lowest BCUT2D eigenvalue weighted by Crippen LogP contribution is -1.76. The molecule has 1 aromatic heterocycles. The van der Waals surface area contributed by atoms with Crippen molar-refractivity contribution < 1.29 is 8.81 Å². The van der Waals surface area contributed by atoms with E-state index in [-0.39, 0.29) is 5.82 Å². The van der Waals surface area contributed by atoms with E-state index in [4.69, 9.17) is 4.42 Å². The summed E-state index contributed by atoms with van der Waals surface area (Å²) in [5.74, 6) is 0.209. The van der Waals surface area contributed by atoms with Gasteiger partial charge in [0.2, 0.25) is 0 Å². The number of benzene rings is 1. The zero-order valence-electron chi connectivity index (χ0n) is 6.27. The lowest BCUT2D eigenvalue weighted by Gasteiger charge is -1.90. The zero-order chi connectivity index (χ0) is 8.72. The minimum absolute atomic E-state index is 0.335. The maximum atomic E-state index is 12.9. The summed E-state index contributed by atoms with van der Waals surface area (Å²) in [6.07, 6.45) is 0. The Morgan fingerprint density at radius 2 is 2.25 bits per heavy atom. The third-order valence-corrected chi connectivity index (χ3v) is 2.15. The van der Waals surface area contributed by atoms with Crippen molar-refractivity contribution in [2.75, 3.05) is 0 Å². The average molecular weight is 230 g/mol. The van der Waals surface area contributed by atoms with Crippen LogP contribution in [0.3, 0.4) is 0 Å². The summed E-state index contributed by atoms with van der Waals surface area (Å²) in [6.45, 7) is 1.73. The molecule has 0 radical (unpaired) electrons. The van der Waals surface area contributed by atoms with Gasteiger partial charge in [-0.15, -0.1) is 0 Å². The highest BCUT2D eigenvalue weighted by Gasteiger charge is 2.06. The Balaban J connectivity index is 2.83. The highest BCUT2D eigenvalue weighted by atomic mass is 79.9. The van der Waals surface area contributed by atoms with Crippen LogP contribution in [0.25, 0.3) is 11.1 Å². The molecule has 0 saturated carbocycles. The van der Waals surface area contributed by atoms with Gasteiger partial charge in [0, 0.05) is 13.0 Å². The molecule has 2 nitrogen and oxygen atoms in total. The van der Waals surface area contributed by atoms with Gasteiger partial charge in [-0.1, -0.05) is 0 Å². The number of hydrogen-bond donors (Lipinski definition) is 0. The normalized spacial score (nSPS) is 10.9. The van der Waals surface area contributed by atoms with Crippen molar-refractivity contribution in [2.24, 2.45) is 0 Å². The van der Waals surface area contributed by atoms with Gasteiger partial charge in [0.05, 0.1) is 4.47 Å². The third-order valence-electron chi connectivity index (χ3n) is 1.54. The van der Waals surface area contributed by atoms with Crippen LogP contribution >= 0.6 is 15.9 Å². The van der Waals surface area contributed by atoms with E-state index >= 15 is 0 Å². The van der Waals surface area contributed by atoms with Gasteiger partial charge in [-0.3, -0.25) is 0 Å². The summed E-state index contributed by atoms with van der Waals surface area (Å²) in [5.41, 5.74) is 1.15. The minimum Gasteiger partial charge on any atom is -0.441 e. The third kappa shape index (κ3) is 1.12. The molecule has 0 spiro atoms. The molecule has 0 aliphatic rings. The van der Waals surface area contributed by atoms with Crippen LogP contribution < -0.4 is 0 Å². The van der Waals surface area contributed by atoms with E-state index < -0.39 is 0 Å². The van der Waals surface area contributed by atoms with Gasteiger partial charge >= 0.3 is 0 Å². The molecule has 1 aromatic carbocycles. The number of rotatable bonds is 0. The minimum atomic E-state index is -0.335. The van der Waals surface area contributed by atoms with Gasteiger partial charge in [0.15, 0.2) is 11.5 Å². The molecule has 12 heavy (non-hydrogen) atoms. The Morgan fingerprint density at radius 1 is 1.50 bits per heavy atom. The smallest absolute Gasteiger partial charge is 0.192 e. The first kappa shape index (κ1) is 7.73. The molecule has 0 aliphatic carbocycles. The molecule has 0 amide bonds. The molecule has 62 valence electrons.